The topological polar surface area (TPSA) is 29.5 Å². The summed E-state index contributed by atoms with van der Waals surface area (Å²) >= 11 is 0. The van der Waals surface area contributed by atoms with Crippen LogP contribution in [0.15, 0.2) is 0 Å². The van der Waals surface area contributed by atoms with Crippen molar-refractivity contribution in [2.45, 2.75) is 32.4 Å². The average Bonchev–Trinajstić information content (AvgIpc) is 2.26. The Kier molecular flexibility index (Phi) is 5.24. The molecule has 17 heavy (non-hydrogen) atoms. The fraction of sp³-hybridized carbons (Fsp3) is 0.909. The molecule has 1 aliphatic heterocycles. The minimum Gasteiger partial charge on any atom is -0.466 e. The largest absolute Gasteiger partial charge is 0.466 e. The summed E-state index contributed by atoms with van der Waals surface area (Å²) < 4.78 is 41.9. The highest BCUT2D eigenvalue weighted by Crippen LogP contribution is 2.33. The smallest absolute Gasteiger partial charge is 0.391 e. The maximum absolute atomic E-state index is 12.4. The highest BCUT2D eigenvalue weighted by Gasteiger charge is 2.40. The Hall–Kier alpha value is -0.780. The molecule has 100 valence electrons. The van der Waals surface area contributed by atoms with Crippen LogP contribution in [-0.2, 0) is 9.53 Å². The van der Waals surface area contributed by atoms with Crippen LogP contribution in [0.5, 0.6) is 0 Å². The van der Waals surface area contributed by atoms with Crippen molar-refractivity contribution in [3.63, 3.8) is 0 Å². The van der Waals surface area contributed by atoms with Crippen LogP contribution in [0, 0.1) is 5.92 Å². The first-order valence-corrected chi connectivity index (χ1v) is 5.88. The molecular formula is C11H18F3NO2. The van der Waals surface area contributed by atoms with Gasteiger partial charge in [-0.3, -0.25) is 4.79 Å². The van der Waals surface area contributed by atoms with Gasteiger partial charge in [0.25, 0.3) is 0 Å². The first-order chi connectivity index (χ1) is 7.93. The van der Waals surface area contributed by atoms with Crippen LogP contribution in [0.4, 0.5) is 13.2 Å². The van der Waals surface area contributed by atoms with Crippen LogP contribution in [0.25, 0.3) is 0 Å². The summed E-state index contributed by atoms with van der Waals surface area (Å²) in [4.78, 5) is 13.0. The van der Waals surface area contributed by atoms with E-state index in [0.29, 0.717) is 26.2 Å². The van der Waals surface area contributed by atoms with Gasteiger partial charge in [-0.15, -0.1) is 0 Å². The number of piperidine rings is 1. The normalized spacial score (nSPS) is 19.3. The Balaban J connectivity index is 2.21. The number of esters is 1. The highest BCUT2D eigenvalue weighted by atomic mass is 19.4. The number of alkyl halides is 3. The first-order valence-electron chi connectivity index (χ1n) is 5.88. The monoisotopic (exact) mass is 253 g/mol. The molecule has 0 aliphatic carbocycles. The van der Waals surface area contributed by atoms with E-state index in [-0.39, 0.29) is 25.2 Å². The summed E-state index contributed by atoms with van der Waals surface area (Å²) in [6.07, 6.45) is -3.56. The number of likely N-dealkylation sites (tertiary alicyclic amines) is 1. The summed E-state index contributed by atoms with van der Waals surface area (Å²) in [6.45, 7) is 3.37. The fourth-order valence-electron chi connectivity index (χ4n) is 1.97. The van der Waals surface area contributed by atoms with E-state index in [0.717, 1.165) is 0 Å². The van der Waals surface area contributed by atoms with E-state index >= 15 is 0 Å². The molecule has 1 fully saturated rings. The van der Waals surface area contributed by atoms with Crippen molar-refractivity contribution < 1.29 is 22.7 Å². The van der Waals surface area contributed by atoms with Gasteiger partial charge >= 0.3 is 12.1 Å². The van der Waals surface area contributed by atoms with E-state index in [1.165, 1.54) is 0 Å². The molecule has 0 aromatic heterocycles. The lowest BCUT2D eigenvalue weighted by Crippen LogP contribution is -2.39. The molecule has 0 saturated carbocycles. The van der Waals surface area contributed by atoms with Crippen molar-refractivity contribution in [2.75, 3.05) is 26.2 Å². The van der Waals surface area contributed by atoms with Gasteiger partial charge in [0.05, 0.1) is 18.9 Å². The Labute approximate surface area is 98.9 Å². The van der Waals surface area contributed by atoms with Gasteiger partial charge in [-0.25, -0.2) is 0 Å². The Bertz CT molecular complexity index is 248. The molecule has 0 spiro atoms. The molecule has 0 amide bonds. The quantitative estimate of drug-likeness (QED) is 0.719. The molecule has 0 bridgehead atoms. The summed E-state index contributed by atoms with van der Waals surface area (Å²) in [5, 5.41) is 0. The number of hydrogen-bond acceptors (Lipinski definition) is 3. The zero-order valence-corrected chi connectivity index (χ0v) is 9.92. The number of rotatable bonds is 4. The molecule has 1 rings (SSSR count). The van der Waals surface area contributed by atoms with E-state index in [1.807, 2.05) is 4.90 Å². The van der Waals surface area contributed by atoms with E-state index in [2.05, 4.69) is 0 Å². The van der Waals surface area contributed by atoms with E-state index in [4.69, 9.17) is 4.74 Å². The molecular weight excluding hydrogens is 235 g/mol. The van der Waals surface area contributed by atoms with Crippen molar-refractivity contribution in [3.8, 4) is 0 Å². The number of carbonyl (C=O) groups is 1. The number of ether oxygens (including phenoxy) is 1. The molecule has 0 N–H and O–H groups in total. The van der Waals surface area contributed by atoms with E-state index in [1.54, 1.807) is 6.92 Å². The van der Waals surface area contributed by atoms with Crippen LogP contribution in [0.2, 0.25) is 0 Å². The number of halogens is 3. The zero-order valence-electron chi connectivity index (χ0n) is 9.92. The maximum atomic E-state index is 12.4. The van der Waals surface area contributed by atoms with Gasteiger partial charge in [0.2, 0.25) is 0 Å². The molecule has 0 radical (unpaired) electrons. The lowest BCUT2D eigenvalue weighted by atomic mass is 9.96. The van der Waals surface area contributed by atoms with Crippen LogP contribution in [0.3, 0.4) is 0 Å². The molecule has 6 heteroatoms. The lowest BCUT2D eigenvalue weighted by Gasteiger charge is -2.32. The Morgan fingerprint density at radius 2 is 1.94 bits per heavy atom. The third-order valence-electron chi connectivity index (χ3n) is 2.99. The van der Waals surface area contributed by atoms with Gasteiger partial charge in [0.1, 0.15) is 0 Å². The van der Waals surface area contributed by atoms with Crippen molar-refractivity contribution >= 4 is 5.97 Å². The van der Waals surface area contributed by atoms with Gasteiger partial charge in [0, 0.05) is 6.54 Å². The zero-order chi connectivity index (χ0) is 12.9. The predicted molar refractivity (Wildman–Crippen MR) is 56.5 cm³/mol. The third kappa shape index (κ3) is 4.93. The van der Waals surface area contributed by atoms with Crippen molar-refractivity contribution in [3.05, 3.63) is 0 Å². The van der Waals surface area contributed by atoms with Crippen LogP contribution in [0.1, 0.15) is 26.2 Å². The summed E-state index contributed by atoms with van der Waals surface area (Å²) in [5.74, 6) is -1.47. The lowest BCUT2D eigenvalue weighted by molar-refractivity contribution is -0.185. The molecule has 1 saturated heterocycles. The minimum absolute atomic E-state index is 0.131. The van der Waals surface area contributed by atoms with Crippen molar-refractivity contribution in [1.82, 2.24) is 4.90 Å². The number of nitrogens with zero attached hydrogens (tertiary/aromatic N) is 1. The van der Waals surface area contributed by atoms with Gasteiger partial charge in [-0.1, -0.05) is 0 Å². The fourth-order valence-corrected chi connectivity index (χ4v) is 1.97. The van der Waals surface area contributed by atoms with Crippen LogP contribution >= 0.6 is 0 Å². The van der Waals surface area contributed by atoms with Crippen LogP contribution < -0.4 is 0 Å². The molecule has 1 aliphatic rings. The standard InChI is InChI=1S/C11H18F3NO2/c1-2-17-10(16)5-8-15-6-3-9(4-7-15)11(12,13)14/h9H,2-8H2,1H3. The Morgan fingerprint density at radius 3 is 2.41 bits per heavy atom. The molecule has 1 heterocycles. The molecule has 0 unspecified atom stereocenters. The molecule has 3 nitrogen and oxygen atoms in total. The summed E-state index contributed by atoms with van der Waals surface area (Å²) in [7, 11) is 0. The molecule has 0 aromatic carbocycles. The first kappa shape index (κ1) is 14.3. The van der Waals surface area contributed by atoms with Gasteiger partial charge < -0.3 is 9.64 Å². The minimum atomic E-state index is -4.08. The second kappa shape index (κ2) is 6.23. The van der Waals surface area contributed by atoms with Gasteiger partial charge in [0.15, 0.2) is 0 Å². The second-order valence-corrected chi connectivity index (χ2v) is 4.21. The second-order valence-electron chi connectivity index (χ2n) is 4.21. The van der Waals surface area contributed by atoms with Crippen molar-refractivity contribution in [1.29, 1.82) is 0 Å². The van der Waals surface area contributed by atoms with Gasteiger partial charge in [-0.05, 0) is 32.9 Å². The maximum Gasteiger partial charge on any atom is 0.391 e. The average molecular weight is 253 g/mol. The number of hydrogen-bond donors (Lipinski definition) is 0. The Morgan fingerprint density at radius 1 is 1.35 bits per heavy atom. The van der Waals surface area contributed by atoms with E-state index in [9.17, 15) is 18.0 Å². The number of carbonyl (C=O) groups excluding carboxylic acids is 1. The van der Waals surface area contributed by atoms with Gasteiger partial charge in [-0.2, -0.15) is 13.2 Å². The third-order valence-corrected chi connectivity index (χ3v) is 2.99. The molecule has 0 aromatic rings. The van der Waals surface area contributed by atoms with Crippen LogP contribution in [-0.4, -0.2) is 43.3 Å². The van der Waals surface area contributed by atoms with E-state index < -0.39 is 12.1 Å². The molecule has 0 atom stereocenters. The summed E-state index contributed by atoms with van der Waals surface area (Å²) in [5.41, 5.74) is 0. The highest BCUT2D eigenvalue weighted by molar-refractivity contribution is 5.69. The summed E-state index contributed by atoms with van der Waals surface area (Å²) in [6, 6.07) is 0. The van der Waals surface area contributed by atoms with Crippen molar-refractivity contribution in [2.24, 2.45) is 5.92 Å². The SMILES string of the molecule is CCOC(=O)CCN1CCC(C(F)(F)F)CC1. The predicted octanol–water partition coefficient (Wildman–Crippen LogP) is 2.21.